The molecule has 0 saturated carbocycles. The van der Waals surface area contributed by atoms with Crippen LogP contribution < -0.4 is 5.32 Å². The zero-order chi connectivity index (χ0) is 18.0. The Labute approximate surface area is 157 Å². The summed E-state index contributed by atoms with van der Waals surface area (Å²) in [4.78, 5) is 17.1. The first-order chi connectivity index (χ1) is 12.0. The molecule has 0 aliphatic carbocycles. The fourth-order valence-electron chi connectivity index (χ4n) is 2.49. The van der Waals surface area contributed by atoms with E-state index in [-0.39, 0.29) is 11.7 Å². The summed E-state index contributed by atoms with van der Waals surface area (Å²) in [6.07, 6.45) is 3.42. The molecule has 1 N–H and O–H groups in total. The van der Waals surface area contributed by atoms with Gasteiger partial charge in [0.2, 0.25) is 0 Å². The van der Waals surface area contributed by atoms with Crippen molar-refractivity contribution in [2.75, 3.05) is 0 Å². The highest BCUT2D eigenvalue weighted by atomic mass is 79.9. The van der Waals surface area contributed by atoms with Crippen LogP contribution in [-0.4, -0.2) is 15.5 Å². The van der Waals surface area contributed by atoms with Crippen LogP contribution >= 0.6 is 27.5 Å². The van der Waals surface area contributed by atoms with E-state index in [1.807, 2.05) is 7.05 Å². The van der Waals surface area contributed by atoms with Crippen molar-refractivity contribution in [2.45, 2.75) is 6.04 Å². The van der Waals surface area contributed by atoms with Gasteiger partial charge in [0.25, 0.3) is 5.91 Å². The second-order valence-corrected chi connectivity index (χ2v) is 6.80. The Morgan fingerprint density at radius 1 is 1.28 bits per heavy atom. The lowest BCUT2D eigenvalue weighted by atomic mass is 10.1. The standard InChI is InChI=1S/C18H14BrClFN3O/c1-24-9-8-22-17(24)16(11-2-5-13(21)6-3-11)23-18(25)14-10-12(19)4-7-15(14)20/h2-10,16H,1H3,(H,23,25). The third-order valence-corrected chi connectivity index (χ3v) is 4.59. The minimum absolute atomic E-state index is 0.344. The molecule has 7 heteroatoms. The van der Waals surface area contributed by atoms with E-state index in [1.54, 1.807) is 47.3 Å². The summed E-state index contributed by atoms with van der Waals surface area (Å²) in [7, 11) is 1.83. The van der Waals surface area contributed by atoms with Crippen molar-refractivity contribution in [3.63, 3.8) is 0 Å². The zero-order valence-corrected chi connectivity index (χ0v) is 15.6. The molecule has 1 heterocycles. The molecule has 0 saturated heterocycles. The average Bonchev–Trinajstić information content (AvgIpc) is 3.01. The number of hydrogen-bond acceptors (Lipinski definition) is 2. The fourth-order valence-corrected chi connectivity index (χ4v) is 3.05. The minimum Gasteiger partial charge on any atom is -0.338 e. The lowest BCUT2D eigenvalue weighted by molar-refractivity contribution is 0.0941. The van der Waals surface area contributed by atoms with Crippen LogP contribution in [0.15, 0.2) is 59.3 Å². The SMILES string of the molecule is Cn1ccnc1C(NC(=O)c1cc(Br)ccc1Cl)c1ccc(F)cc1. The number of rotatable bonds is 4. The fraction of sp³-hybridized carbons (Fsp3) is 0.111. The van der Waals surface area contributed by atoms with Crippen LogP contribution in [0.4, 0.5) is 4.39 Å². The predicted octanol–water partition coefficient (Wildman–Crippen LogP) is 4.49. The first-order valence-corrected chi connectivity index (χ1v) is 8.61. The molecule has 1 aromatic heterocycles. The number of carbonyl (C=O) groups is 1. The molecule has 3 rings (SSSR count). The summed E-state index contributed by atoms with van der Waals surface area (Å²) in [5, 5.41) is 3.28. The zero-order valence-electron chi connectivity index (χ0n) is 13.2. The van der Waals surface area contributed by atoms with Crippen LogP contribution in [0, 0.1) is 5.82 Å². The van der Waals surface area contributed by atoms with Crippen LogP contribution in [0.1, 0.15) is 27.8 Å². The average molecular weight is 423 g/mol. The van der Waals surface area contributed by atoms with Crippen LogP contribution in [0.25, 0.3) is 0 Å². The van der Waals surface area contributed by atoms with Crippen LogP contribution in [0.2, 0.25) is 5.02 Å². The second-order valence-electron chi connectivity index (χ2n) is 5.48. The van der Waals surface area contributed by atoms with Crippen molar-refractivity contribution < 1.29 is 9.18 Å². The summed E-state index contributed by atoms with van der Waals surface area (Å²) in [6.45, 7) is 0. The smallest absolute Gasteiger partial charge is 0.253 e. The molecular weight excluding hydrogens is 409 g/mol. The van der Waals surface area contributed by atoms with E-state index in [1.165, 1.54) is 12.1 Å². The maximum atomic E-state index is 13.3. The van der Waals surface area contributed by atoms with Gasteiger partial charge in [0.05, 0.1) is 10.6 Å². The molecule has 3 aromatic rings. The van der Waals surface area contributed by atoms with Crippen molar-refractivity contribution in [3.8, 4) is 0 Å². The van der Waals surface area contributed by atoms with Crippen molar-refractivity contribution in [2.24, 2.45) is 7.05 Å². The lowest BCUT2D eigenvalue weighted by Gasteiger charge is -2.19. The van der Waals surface area contributed by atoms with E-state index in [9.17, 15) is 9.18 Å². The van der Waals surface area contributed by atoms with Gasteiger partial charge < -0.3 is 9.88 Å². The first kappa shape index (κ1) is 17.6. The van der Waals surface area contributed by atoms with Gasteiger partial charge in [-0.15, -0.1) is 0 Å². The molecule has 0 aliphatic heterocycles. The summed E-state index contributed by atoms with van der Waals surface area (Å²) in [5.41, 5.74) is 1.06. The first-order valence-electron chi connectivity index (χ1n) is 7.44. The van der Waals surface area contributed by atoms with Gasteiger partial charge in [-0.1, -0.05) is 39.7 Å². The molecule has 4 nitrogen and oxygen atoms in total. The van der Waals surface area contributed by atoms with Crippen LogP contribution in [0.3, 0.4) is 0 Å². The number of nitrogens with zero attached hydrogens (tertiary/aromatic N) is 2. The molecule has 25 heavy (non-hydrogen) atoms. The van der Waals surface area contributed by atoms with Gasteiger partial charge >= 0.3 is 0 Å². The minimum atomic E-state index is -0.539. The quantitative estimate of drug-likeness (QED) is 0.673. The third-order valence-electron chi connectivity index (χ3n) is 3.77. The Bertz CT molecular complexity index is 911. The van der Waals surface area contributed by atoms with Crippen molar-refractivity contribution in [1.29, 1.82) is 0 Å². The molecule has 0 spiro atoms. The molecule has 1 unspecified atom stereocenters. The molecule has 0 radical (unpaired) electrons. The second kappa shape index (κ2) is 7.37. The Morgan fingerprint density at radius 3 is 2.64 bits per heavy atom. The number of benzene rings is 2. The number of amides is 1. The topological polar surface area (TPSA) is 46.9 Å². The maximum absolute atomic E-state index is 13.3. The Balaban J connectivity index is 1.98. The summed E-state index contributed by atoms with van der Waals surface area (Å²) in [6, 6.07) is 10.5. The normalized spacial score (nSPS) is 12.0. The number of aromatic nitrogens is 2. The number of hydrogen-bond donors (Lipinski definition) is 1. The van der Waals surface area contributed by atoms with Crippen LogP contribution in [0.5, 0.6) is 0 Å². The molecule has 1 amide bonds. The van der Waals surface area contributed by atoms with E-state index in [4.69, 9.17) is 11.6 Å². The van der Waals surface area contributed by atoms with E-state index >= 15 is 0 Å². The van der Waals surface area contributed by atoms with Gasteiger partial charge in [-0.05, 0) is 35.9 Å². The van der Waals surface area contributed by atoms with Gasteiger partial charge in [0.1, 0.15) is 17.7 Å². The maximum Gasteiger partial charge on any atom is 0.253 e. The van der Waals surface area contributed by atoms with Gasteiger partial charge in [-0.2, -0.15) is 0 Å². The molecule has 0 fully saturated rings. The largest absolute Gasteiger partial charge is 0.338 e. The van der Waals surface area contributed by atoms with Gasteiger partial charge in [-0.25, -0.2) is 9.37 Å². The van der Waals surface area contributed by atoms with E-state index in [0.29, 0.717) is 16.4 Å². The highest BCUT2D eigenvalue weighted by Crippen LogP contribution is 2.25. The Kier molecular flexibility index (Phi) is 5.20. The van der Waals surface area contributed by atoms with E-state index < -0.39 is 6.04 Å². The van der Waals surface area contributed by atoms with Gasteiger partial charge in [0.15, 0.2) is 0 Å². The predicted molar refractivity (Wildman–Crippen MR) is 98.1 cm³/mol. The molecular formula is C18H14BrClFN3O. The number of halogens is 3. The molecule has 0 aliphatic rings. The number of aryl methyl sites for hydroxylation is 1. The molecule has 2 aromatic carbocycles. The third kappa shape index (κ3) is 3.91. The highest BCUT2D eigenvalue weighted by molar-refractivity contribution is 9.10. The Morgan fingerprint density at radius 2 is 2.00 bits per heavy atom. The summed E-state index contributed by atoms with van der Waals surface area (Å²) < 4.78 is 15.8. The lowest BCUT2D eigenvalue weighted by Crippen LogP contribution is -2.31. The summed E-state index contributed by atoms with van der Waals surface area (Å²) in [5.74, 6) is -0.0570. The van der Waals surface area contributed by atoms with Crippen LogP contribution in [-0.2, 0) is 7.05 Å². The van der Waals surface area contributed by atoms with Crippen molar-refractivity contribution in [3.05, 3.63) is 87.1 Å². The molecule has 0 bridgehead atoms. The molecule has 128 valence electrons. The highest BCUT2D eigenvalue weighted by Gasteiger charge is 2.22. The molecule has 1 atom stereocenters. The summed E-state index contributed by atoms with van der Waals surface area (Å²) >= 11 is 9.48. The van der Waals surface area contributed by atoms with E-state index in [0.717, 1.165) is 10.0 Å². The number of carbonyl (C=O) groups excluding carboxylic acids is 1. The van der Waals surface area contributed by atoms with E-state index in [2.05, 4.69) is 26.2 Å². The van der Waals surface area contributed by atoms with Gasteiger partial charge in [0, 0.05) is 23.9 Å². The number of imidazole rings is 1. The van der Waals surface area contributed by atoms with Crippen molar-refractivity contribution in [1.82, 2.24) is 14.9 Å². The monoisotopic (exact) mass is 421 g/mol. The van der Waals surface area contributed by atoms with Crippen molar-refractivity contribution >= 4 is 33.4 Å². The van der Waals surface area contributed by atoms with Gasteiger partial charge in [-0.3, -0.25) is 4.79 Å². The number of nitrogens with one attached hydrogen (secondary N) is 1. The Hall–Kier alpha value is -2.18.